The largest absolute Gasteiger partial charge is 0.339 e. The molecule has 0 fully saturated rings. The van der Waals surface area contributed by atoms with Gasteiger partial charge in [-0.1, -0.05) is 0 Å². The van der Waals surface area contributed by atoms with Gasteiger partial charge in [0.1, 0.15) is 0 Å². The number of rotatable bonds is 0. The zero-order valence-electron chi connectivity index (χ0n) is 4.17. The van der Waals surface area contributed by atoms with Gasteiger partial charge >= 0.3 is 5.97 Å². The van der Waals surface area contributed by atoms with Gasteiger partial charge in [-0.3, -0.25) is 0 Å². The molecule has 0 rings (SSSR count). The molecule has 0 aliphatic carbocycles. The van der Waals surface area contributed by atoms with Gasteiger partial charge in [-0.05, 0) is 0 Å². The molecule has 0 aliphatic heterocycles. The molecule has 8 heavy (non-hydrogen) atoms. The van der Waals surface area contributed by atoms with Crippen LogP contribution in [0.5, 0.6) is 0 Å². The highest BCUT2D eigenvalue weighted by molar-refractivity contribution is 5.64. The van der Waals surface area contributed by atoms with Crippen molar-refractivity contribution in [1.29, 1.82) is 5.41 Å². The first-order chi connectivity index (χ1) is 3.68. The lowest BCUT2D eigenvalue weighted by Crippen LogP contribution is -1.89. The van der Waals surface area contributed by atoms with Gasteiger partial charge in [-0.25, -0.2) is 15.0 Å². The first-order valence-electron chi connectivity index (χ1n) is 1.54. The van der Waals surface area contributed by atoms with E-state index in [0.29, 0.717) is 0 Å². The smallest absolute Gasteiger partial charge is 0.301 e. The number of isocyanates is 1. The molecule has 0 atom stereocenters. The Balaban J connectivity index is 0. The highest BCUT2D eigenvalue weighted by atomic mass is 17.1. The zero-order chi connectivity index (χ0) is 6.99. The molecular formula is C3H5NO4. The van der Waals surface area contributed by atoms with Gasteiger partial charge in [0.2, 0.25) is 6.08 Å². The van der Waals surface area contributed by atoms with Crippen molar-refractivity contribution in [3.63, 3.8) is 0 Å². The highest BCUT2D eigenvalue weighted by Crippen LogP contribution is 1.59. The van der Waals surface area contributed by atoms with E-state index in [1.54, 1.807) is 0 Å². The molecular weight excluding hydrogens is 114 g/mol. The van der Waals surface area contributed by atoms with Gasteiger partial charge in [-0.2, -0.15) is 5.26 Å². The predicted octanol–water partition coefficient (Wildman–Crippen LogP) is -0.0765. The SMILES string of the molecule is CC(=O)OO.N=C=O. The lowest BCUT2D eigenvalue weighted by atomic mass is 10.9. The quantitative estimate of drug-likeness (QED) is 0.202. The Morgan fingerprint density at radius 1 is 1.88 bits per heavy atom. The van der Waals surface area contributed by atoms with Crippen LogP contribution in [0.2, 0.25) is 0 Å². The second-order valence-electron chi connectivity index (χ2n) is 0.685. The van der Waals surface area contributed by atoms with E-state index in [2.05, 4.69) is 4.89 Å². The Bertz CT molecular complexity index is 93.5. The summed E-state index contributed by atoms with van der Waals surface area (Å²) >= 11 is 0. The second-order valence-corrected chi connectivity index (χ2v) is 0.685. The molecule has 2 N–H and O–H groups in total. The van der Waals surface area contributed by atoms with Crippen LogP contribution in [-0.2, 0) is 14.5 Å². The first kappa shape index (κ1) is 9.94. The summed E-state index contributed by atoms with van der Waals surface area (Å²) in [5.74, 6) is -0.690. The molecule has 46 valence electrons. The van der Waals surface area contributed by atoms with Gasteiger partial charge in [0.15, 0.2) is 0 Å². The van der Waals surface area contributed by atoms with E-state index in [9.17, 15) is 4.79 Å². The number of carbonyl (C=O) groups is 1. The minimum absolute atomic E-state index is 0.690. The summed E-state index contributed by atoms with van der Waals surface area (Å²) in [6.07, 6.45) is 0.750. The van der Waals surface area contributed by atoms with Crippen molar-refractivity contribution in [2.75, 3.05) is 0 Å². The van der Waals surface area contributed by atoms with Crippen LogP contribution >= 0.6 is 0 Å². The Morgan fingerprint density at radius 3 is 2.00 bits per heavy atom. The van der Waals surface area contributed by atoms with E-state index in [1.165, 1.54) is 0 Å². The van der Waals surface area contributed by atoms with Crippen LogP contribution in [0.15, 0.2) is 0 Å². The summed E-state index contributed by atoms with van der Waals surface area (Å²) in [5.41, 5.74) is 0. The minimum atomic E-state index is -0.690. The van der Waals surface area contributed by atoms with Crippen LogP contribution in [0.3, 0.4) is 0 Å². The third kappa shape index (κ3) is 106. The van der Waals surface area contributed by atoms with Crippen molar-refractivity contribution < 1.29 is 19.7 Å². The van der Waals surface area contributed by atoms with Gasteiger partial charge in [-0.15, -0.1) is 0 Å². The number of carbonyl (C=O) groups excluding carboxylic acids is 2. The maximum Gasteiger partial charge on any atom is 0.339 e. The summed E-state index contributed by atoms with van der Waals surface area (Å²) in [7, 11) is 0. The molecule has 0 aromatic carbocycles. The molecule has 5 heteroatoms. The summed E-state index contributed by atoms with van der Waals surface area (Å²) in [5, 5.41) is 12.7. The molecule has 0 aromatic heterocycles. The Labute approximate surface area is 45.3 Å². The molecule has 0 unspecified atom stereocenters. The third-order valence-corrected chi connectivity index (χ3v) is 0.129. The average Bonchev–Trinajstić information content (AvgIpc) is 1.69. The zero-order valence-corrected chi connectivity index (χ0v) is 4.17. The lowest BCUT2D eigenvalue weighted by Gasteiger charge is -1.76. The normalized spacial score (nSPS) is 5.25. The van der Waals surface area contributed by atoms with Gasteiger partial charge in [0.25, 0.3) is 0 Å². The maximum absolute atomic E-state index is 9.34. The lowest BCUT2D eigenvalue weighted by molar-refractivity contribution is -0.231. The van der Waals surface area contributed by atoms with Crippen LogP contribution < -0.4 is 0 Å². The molecule has 0 radical (unpaired) electrons. The molecule has 0 aliphatic rings. The van der Waals surface area contributed by atoms with Crippen LogP contribution in [0.1, 0.15) is 6.92 Å². The predicted molar refractivity (Wildman–Crippen MR) is 22.8 cm³/mol. The molecule has 0 spiro atoms. The van der Waals surface area contributed by atoms with Gasteiger partial charge in [0.05, 0.1) is 0 Å². The fraction of sp³-hybridized carbons (Fsp3) is 0.333. The molecule has 5 nitrogen and oxygen atoms in total. The average molecular weight is 119 g/mol. The van der Waals surface area contributed by atoms with Gasteiger partial charge in [0, 0.05) is 6.92 Å². The van der Waals surface area contributed by atoms with Crippen LogP contribution in [0, 0.1) is 5.41 Å². The van der Waals surface area contributed by atoms with E-state index < -0.39 is 5.97 Å². The fourth-order valence-electron chi connectivity index (χ4n) is 0. The van der Waals surface area contributed by atoms with E-state index in [0.717, 1.165) is 13.0 Å². The van der Waals surface area contributed by atoms with E-state index in [1.807, 2.05) is 0 Å². The van der Waals surface area contributed by atoms with Crippen molar-refractivity contribution in [2.45, 2.75) is 6.92 Å². The molecule has 0 saturated carbocycles. The molecule has 0 bridgehead atoms. The van der Waals surface area contributed by atoms with E-state index in [-0.39, 0.29) is 0 Å². The van der Waals surface area contributed by atoms with E-state index >= 15 is 0 Å². The van der Waals surface area contributed by atoms with Crippen LogP contribution in [0.25, 0.3) is 0 Å². The second kappa shape index (κ2) is 9.26. The number of hydrogen-bond acceptors (Lipinski definition) is 5. The van der Waals surface area contributed by atoms with Gasteiger partial charge < -0.3 is 4.89 Å². The topological polar surface area (TPSA) is 87.4 Å². The Hall–Kier alpha value is -1.19. The molecule has 0 aromatic rings. The van der Waals surface area contributed by atoms with Crippen molar-refractivity contribution in [3.8, 4) is 0 Å². The Morgan fingerprint density at radius 2 is 2.00 bits per heavy atom. The molecule has 0 saturated heterocycles. The number of nitrogens with one attached hydrogen (secondary N) is 1. The van der Waals surface area contributed by atoms with Crippen LogP contribution in [0.4, 0.5) is 0 Å². The Kier molecular flexibility index (Phi) is 11.5. The van der Waals surface area contributed by atoms with Crippen molar-refractivity contribution >= 4 is 12.0 Å². The first-order valence-corrected chi connectivity index (χ1v) is 1.54. The van der Waals surface area contributed by atoms with Crippen molar-refractivity contribution in [2.24, 2.45) is 0 Å². The van der Waals surface area contributed by atoms with Crippen molar-refractivity contribution in [1.82, 2.24) is 0 Å². The summed E-state index contributed by atoms with van der Waals surface area (Å²) < 4.78 is 0. The minimum Gasteiger partial charge on any atom is -0.301 e. The molecule has 0 amide bonds. The standard InChI is InChI=1S/C2H4O3.CHNO/c1-2(3)5-4;2-1-3/h4H,1H3;2H. The summed E-state index contributed by atoms with van der Waals surface area (Å²) in [4.78, 5) is 20.8. The third-order valence-electron chi connectivity index (χ3n) is 0.129. The molecule has 0 heterocycles. The number of hydrogen-bond donors (Lipinski definition) is 2. The highest BCUT2D eigenvalue weighted by Gasteiger charge is 1.79. The van der Waals surface area contributed by atoms with Crippen molar-refractivity contribution in [3.05, 3.63) is 0 Å². The van der Waals surface area contributed by atoms with E-state index in [4.69, 9.17) is 15.5 Å². The maximum atomic E-state index is 9.34. The van der Waals surface area contributed by atoms with Crippen LogP contribution in [-0.4, -0.2) is 17.3 Å². The summed E-state index contributed by atoms with van der Waals surface area (Å²) in [6.45, 7) is 1.11. The fourth-order valence-corrected chi connectivity index (χ4v) is 0. The summed E-state index contributed by atoms with van der Waals surface area (Å²) in [6, 6.07) is 0. The monoisotopic (exact) mass is 119 g/mol.